The van der Waals surface area contributed by atoms with Gasteiger partial charge in [0.05, 0.1) is 10.6 Å². The fourth-order valence-electron chi connectivity index (χ4n) is 1.40. The molecule has 0 unspecified atom stereocenters. The van der Waals surface area contributed by atoms with E-state index < -0.39 is 9.84 Å². The Hall–Kier alpha value is -1.69. The van der Waals surface area contributed by atoms with Crippen molar-refractivity contribution in [2.75, 3.05) is 5.75 Å². The molecular weight excluding hydrogens is 240 g/mol. The lowest BCUT2D eigenvalue weighted by Gasteiger charge is -2.02. The zero-order chi connectivity index (χ0) is 12.5. The average Bonchev–Trinajstić information content (AvgIpc) is 2.76. The van der Waals surface area contributed by atoms with E-state index in [4.69, 9.17) is 4.42 Å². The summed E-state index contributed by atoms with van der Waals surface area (Å²) in [4.78, 5) is 0.272. The fourth-order valence-corrected chi connectivity index (χ4v) is 2.33. The molecule has 0 radical (unpaired) electrons. The molecule has 90 valence electrons. The Morgan fingerprint density at radius 1 is 1.29 bits per heavy atom. The summed E-state index contributed by atoms with van der Waals surface area (Å²) in [5.74, 6) is 0.846. The van der Waals surface area contributed by atoms with Gasteiger partial charge in [-0.2, -0.15) is 0 Å². The molecule has 2 aromatic rings. The summed E-state index contributed by atoms with van der Waals surface area (Å²) in [5, 5.41) is 7.56. The van der Waals surface area contributed by atoms with E-state index in [1.807, 2.05) is 0 Å². The van der Waals surface area contributed by atoms with E-state index in [-0.39, 0.29) is 10.6 Å². The third-order valence-electron chi connectivity index (χ3n) is 2.35. The maximum atomic E-state index is 11.7. The second-order valence-corrected chi connectivity index (χ2v) is 5.84. The van der Waals surface area contributed by atoms with E-state index in [1.54, 1.807) is 38.1 Å². The molecule has 1 aromatic carbocycles. The zero-order valence-electron chi connectivity index (χ0n) is 9.54. The molecule has 0 atom stereocenters. The van der Waals surface area contributed by atoms with Gasteiger partial charge in [-0.1, -0.05) is 13.0 Å². The molecule has 0 N–H and O–H groups in total. The predicted octanol–water partition coefficient (Wildman–Crippen LogP) is 1.84. The van der Waals surface area contributed by atoms with Crippen molar-refractivity contribution >= 4 is 9.84 Å². The minimum atomic E-state index is -3.21. The monoisotopic (exact) mass is 252 g/mol. The maximum Gasteiger partial charge on any atom is 0.247 e. The van der Waals surface area contributed by atoms with Crippen LogP contribution in [0.25, 0.3) is 11.5 Å². The Kier molecular flexibility index (Phi) is 2.97. The number of aryl methyl sites for hydroxylation is 1. The van der Waals surface area contributed by atoms with E-state index in [2.05, 4.69) is 10.2 Å². The summed E-state index contributed by atoms with van der Waals surface area (Å²) < 4.78 is 28.7. The highest BCUT2D eigenvalue weighted by Gasteiger charge is 2.14. The molecule has 0 aliphatic carbocycles. The van der Waals surface area contributed by atoms with Crippen LogP contribution in [0.4, 0.5) is 0 Å². The van der Waals surface area contributed by atoms with Crippen LogP contribution in [0.2, 0.25) is 0 Å². The number of nitrogens with zero attached hydrogens (tertiary/aromatic N) is 2. The first-order chi connectivity index (χ1) is 8.03. The molecule has 0 bridgehead atoms. The smallest absolute Gasteiger partial charge is 0.247 e. The first-order valence-corrected chi connectivity index (χ1v) is 6.81. The second-order valence-electron chi connectivity index (χ2n) is 3.56. The molecule has 0 spiro atoms. The number of sulfone groups is 1. The lowest BCUT2D eigenvalue weighted by molar-refractivity contribution is 0.532. The highest BCUT2D eigenvalue weighted by atomic mass is 32.2. The SMILES string of the molecule is CCS(=O)(=O)c1cccc(-c2nnc(C)o2)c1. The van der Waals surface area contributed by atoms with Crippen molar-refractivity contribution in [1.82, 2.24) is 10.2 Å². The number of aromatic nitrogens is 2. The molecule has 0 amide bonds. The molecule has 0 aliphatic rings. The Bertz CT molecular complexity index is 632. The van der Waals surface area contributed by atoms with Crippen molar-refractivity contribution in [1.29, 1.82) is 0 Å². The van der Waals surface area contributed by atoms with Gasteiger partial charge >= 0.3 is 0 Å². The lowest BCUT2D eigenvalue weighted by Crippen LogP contribution is -2.03. The predicted molar refractivity (Wildman–Crippen MR) is 62.2 cm³/mol. The molecular formula is C11H12N2O3S. The van der Waals surface area contributed by atoms with Gasteiger partial charge in [-0.25, -0.2) is 8.42 Å². The summed E-state index contributed by atoms with van der Waals surface area (Å²) in [6.07, 6.45) is 0. The quantitative estimate of drug-likeness (QED) is 0.833. The van der Waals surface area contributed by atoms with E-state index in [9.17, 15) is 8.42 Å². The lowest BCUT2D eigenvalue weighted by atomic mass is 10.2. The molecule has 17 heavy (non-hydrogen) atoms. The highest BCUT2D eigenvalue weighted by molar-refractivity contribution is 7.91. The number of rotatable bonds is 3. The summed E-state index contributed by atoms with van der Waals surface area (Å²) in [7, 11) is -3.21. The molecule has 0 fully saturated rings. The first kappa shape index (κ1) is 11.8. The van der Waals surface area contributed by atoms with Gasteiger partial charge in [-0.15, -0.1) is 10.2 Å². The molecule has 0 saturated heterocycles. The zero-order valence-corrected chi connectivity index (χ0v) is 10.4. The van der Waals surface area contributed by atoms with Gasteiger partial charge < -0.3 is 4.42 Å². The Balaban J connectivity index is 2.49. The Morgan fingerprint density at radius 3 is 2.65 bits per heavy atom. The largest absolute Gasteiger partial charge is 0.421 e. The van der Waals surface area contributed by atoms with E-state index in [1.165, 1.54) is 0 Å². The summed E-state index contributed by atoms with van der Waals surface area (Å²) in [5.41, 5.74) is 0.611. The molecule has 1 aromatic heterocycles. The van der Waals surface area contributed by atoms with Crippen LogP contribution < -0.4 is 0 Å². The van der Waals surface area contributed by atoms with Gasteiger partial charge in [0.25, 0.3) is 0 Å². The Labute approximate surface area is 99.4 Å². The average molecular weight is 252 g/mol. The van der Waals surface area contributed by atoms with Crippen LogP contribution in [0.5, 0.6) is 0 Å². The van der Waals surface area contributed by atoms with Crippen LogP contribution in [-0.2, 0) is 9.84 Å². The van der Waals surface area contributed by atoms with Crippen molar-refractivity contribution in [2.45, 2.75) is 18.7 Å². The van der Waals surface area contributed by atoms with E-state index in [0.29, 0.717) is 17.3 Å². The van der Waals surface area contributed by atoms with Crippen LogP contribution in [0.1, 0.15) is 12.8 Å². The Morgan fingerprint density at radius 2 is 2.06 bits per heavy atom. The van der Waals surface area contributed by atoms with Crippen molar-refractivity contribution in [3.63, 3.8) is 0 Å². The number of hydrogen-bond donors (Lipinski definition) is 0. The molecule has 6 heteroatoms. The van der Waals surface area contributed by atoms with Crippen LogP contribution in [0, 0.1) is 6.92 Å². The van der Waals surface area contributed by atoms with E-state index in [0.717, 1.165) is 0 Å². The van der Waals surface area contributed by atoms with Gasteiger partial charge in [-0.3, -0.25) is 0 Å². The minimum Gasteiger partial charge on any atom is -0.421 e. The third kappa shape index (κ3) is 2.36. The van der Waals surface area contributed by atoms with Crippen molar-refractivity contribution < 1.29 is 12.8 Å². The molecule has 5 nitrogen and oxygen atoms in total. The molecule has 0 saturated carbocycles. The van der Waals surface area contributed by atoms with Gasteiger partial charge in [0.1, 0.15) is 0 Å². The van der Waals surface area contributed by atoms with Crippen LogP contribution in [0.3, 0.4) is 0 Å². The minimum absolute atomic E-state index is 0.0688. The standard InChI is InChI=1S/C11H12N2O3S/c1-3-17(14,15)10-6-4-5-9(7-10)11-13-12-8(2)16-11/h4-7H,3H2,1-2H3. The van der Waals surface area contributed by atoms with Gasteiger partial charge in [0.15, 0.2) is 9.84 Å². The number of hydrogen-bond acceptors (Lipinski definition) is 5. The fraction of sp³-hybridized carbons (Fsp3) is 0.273. The molecule has 2 rings (SSSR count). The normalized spacial score (nSPS) is 11.6. The molecule has 1 heterocycles. The maximum absolute atomic E-state index is 11.7. The second kappa shape index (κ2) is 4.29. The number of benzene rings is 1. The van der Waals surface area contributed by atoms with Gasteiger partial charge in [0, 0.05) is 12.5 Å². The highest BCUT2D eigenvalue weighted by Crippen LogP contribution is 2.21. The van der Waals surface area contributed by atoms with Gasteiger partial charge in [-0.05, 0) is 18.2 Å². The van der Waals surface area contributed by atoms with Crippen molar-refractivity contribution in [3.05, 3.63) is 30.2 Å². The van der Waals surface area contributed by atoms with Crippen LogP contribution >= 0.6 is 0 Å². The van der Waals surface area contributed by atoms with Crippen LogP contribution in [0.15, 0.2) is 33.6 Å². The molecule has 0 aliphatic heterocycles. The van der Waals surface area contributed by atoms with Gasteiger partial charge in [0.2, 0.25) is 11.8 Å². The topological polar surface area (TPSA) is 73.1 Å². The first-order valence-electron chi connectivity index (χ1n) is 5.16. The van der Waals surface area contributed by atoms with Crippen LogP contribution in [-0.4, -0.2) is 24.4 Å². The summed E-state index contributed by atoms with van der Waals surface area (Å²) in [6, 6.07) is 6.51. The summed E-state index contributed by atoms with van der Waals surface area (Å²) >= 11 is 0. The van der Waals surface area contributed by atoms with Crippen molar-refractivity contribution in [3.8, 4) is 11.5 Å². The summed E-state index contributed by atoms with van der Waals surface area (Å²) in [6.45, 7) is 3.29. The van der Waals surface area contributed by atoms with Crippen molar-refractivity contribution in [2.24, 2.45) is 0 Å². The third-order valence-corrected chi connectivity index (χ3v) is 4.08. The van der Waals surface area contributed by atoms with E-state index >= 15 is 0 Å².